The fraction of sp³-hybridized carbons (Fsp3) is 0.206. The van der Waals surface area contributed by atoms with Crippen LogP contribution in [0, 0.1) is 0 Å². The van der Waals surface area contributed by atoms with Gasteiger partial charge in [-0.3, -0.25) is 0 Å². The van der Waals surface area contributed by atoms with Crippen LogP contribution in [0.3, 0.4) is 0 Å². The Bertz CT molecular complexity index is 3240. The highest BCUT2D eigenvalue weighted by Gasteiger charge is 2.47. The number of aliphatic hydroxyl groups excluding tert-OH is 2. The molecule has 4 unspecified atom stereocenters. The first-order valence-corrected chi connectivity index (χ1v) is 26.7. The number of fused-ring (bicyclic) bond motifs is 6. The van der Waals surface area contributed by atoms with Gasteiger partial charge in [0.2, 0.25) is 0 Å². The Kier molecular flexibility index (Phi) is 15.8. The van der Waals surface area contributed by atoms with Crippen molar-refractivity contribution in [2.75, 3.05) is 52.9 Å². The molecule has 8 aromatic rings. The van der Waals surface area contributed by atoms with Crippen molar-refractivity contribution in [1.82, 2.24) is 0 Å². The molecule has 0 bridgehead atoms. The van der Waals surface area contributed by atoms with E-state index in [-0.39, 0.29) is 38.6 Å². The molecule has 2 fully saturated rings. The quantitative estimate of drug-likeness (QED) is 0.0377. The lowest BCUT2D eigenvalue weighted by Crippen LogP contribution is -2.28. The minimum absolute atomic E-state index is 0.0482. The van der Waals surface area contributed by atoms with Gasteiger partial charge in [0.05, 0.1) is 24.0 Å². The molecule has 0 amide bonds. The number of carbonyl (C=O) groups excluding carboxylic acids is 2. The number of epoxide rings is 2. The Hall–Kier alpha value is -8.78. The third-order valence-corrected chi connectivity index (χ3v) is 14.8. The van der Waals surface area contributed by atoms with E-state index in [1.54, 1.807) is 0 Å². The molecule has 0 spiro atoms. The van der Waals surface area contributed by atoms with Gasteiger partial charge < -0.3 is 48.1 Å². The summed E-state index contributed by atoms with van der Waals surface area (Å²) in [5.74, 6) is 1.64. The van der Waals surface area contributed by atoms with Crippen LogP contribution < -0.4 is 18.9 Å². The van der Waals surface area contributed by atoms with Crippen molar-refractivity contribution in [1.29, 1.82) is 0 Å². The van der Waals surface area contributed by atoms with Crippen molar-refractivity contribution < 1.29 is 57.7 Å². The average molecular weight is 1070 g/mol. The molecular weight excluding hydrogens is 1010 g/mol. The van der Waals surface area contributed by atoms with Gasteiger partial charge in [-0.1, -0.05) is 159 Å². The van der Waals surface area contributed by atoms with Crippen LogP contribution in [0.5, 0.6) is 23.0 Å². The average Bonchev–Trinajstić information content (AvgIpc) is 4.58. The number of esters is 2. The van der Waals surface area contributed by atoms with E-state index >= 15 is 0 Å². The van der Waals surface area contributed by atoms with Crippen molar-refractivity contribution in [3.05, 3.63) is 264 Å². The maximum Gasteiger partial charge on any atom is 0.330 e. The molecule has 404 valence electrons. The highest BCUT2D eigenvalue weighted by molar-refractivity contribution is 5.88. The number of hydrogen-bond donors (Lipinski definition) is 2. The lowest BCUT2D eigenvalue weighted by molar-refractivity contribution is -0.142. The second-order valence-electron chi connectivity index (χ2n) is 19.9. The summed E-state index contributed by atoms with van der Waals surface area (Å²) in [6, 6.07) is 66.9. The summed E-state index contributed by atoms with van der Waals surface area (Å²) < 4.78 is 43.8. The van der Waals surface area contributed by atoms with Crippen molar-refractivity contribution >= 4 is 11.9 Å². The van der Waals surface area contributed by atoms with Gasteiger partial charge in [-0.2, -0.15) is 0 Å². The maximum atomic E-state index is 11.3. The molecule has 8 aromatic carbocycles. The molecule has 0 aromatic heterocycles. The van der Waals surface area contributed by atoms with E-state index in [1.165, 1.54) is 33.4 Å². The molecule has 2 heterocycles. The van der Waals surface area contributed by atoms with E-state index in [9.17, 15) is 19.8 Å². The van der Waals surface area contributed by atoms with Crippen LogP contribution in [0.15, 0.2) is 219 Å². The summed E-state index contributed by atoms with van der Waals surface area (Å²) in [4.78, 5) is 22.6. The second-order valence-corrected chi connectivity index (χ2v) is 19.9. The van der Waals surface area contributed by atoms with Crippen molar-refractivity contribution in [3.63, 3.8) is 0 Å². The zero-order valence-corrected chi connectivity index (χ0v) is 44.0. The molecule has 2 aliphatic carbocycles. The fourth-order valence-electron chi connectivity index (χ4n) is 10.9. The molecule has 80 heavy (non-hydrogen) atoms. The second kappa shape index (κ2) is 23.7. The van der Waals surface area contributed by atoms with Gasteiger partial charge in [-0.05, 0) is 115 Å². The van der Waals surface area contributed by atoms with Gasteiger partial charge in [0.25, 0.3) is 0 Å². The van der Waals surface area contributed by atoms with Crippen LogP contribution in [0.25, 0.3) is 22.3 Å². The standard InChI is InChI=1S/C37H34O8.C31H26O4/c1-3-35(40)44-23-27(38)21-42-29-17-13-25(14-18-29)37(33-11-7-5-9-31(33)32-10-6-8-12-34(32)37)26-15-19-30(20-16-26)43-22-28(39)24-45-36(41)4-2;1-3-7-29-27(5-1)28-6-2-4-8-30(28)31(29,21-9-13-23(14-10-21)32-17-25-19-34-25)22-11-15-24(16-12-22)33-18-26-20-35-26/h3-20,27-28,38-39H,1-2,21-24H2;1-16,25-26H,17-20H2. The number of aliphatic hydroxyl groups is 2. The molecule has 0 radical (unpaired) electrons. The molecule has 12 rings (SSSR count). The first-order chi connectivity index (χ1) is 39.2. The van der Waals surface area contributed by atoms with Crippen LogP contribution in [0.1, 0.15) is 44.5 Å². The number of hydrogen-bond acceptors (Lipinski definition) is 12. The third-order valence-electron chi connectivity index (χ3n) is 14.8. The zero-order valence-electron chi connectivity index (χ0n) is 44.0. The Labute approximate surface area is 465 Å². The minimum atomic E-state index is -0.988. The van der Waals surface area contributed by atoms with E-state index in [1.807, 2.05) is 72.8 Å². The molecule has 2 saturated heterocycles. The van der Waals surface area contributed by atoms with Gasteiger partial charge in [0.15, 0.2) is 0 Å². The van der Waals surface area contributed by atoms with E-state index < -0.39 is 35.0 Å². The lowest BCUT2D eigenvalue weighted by Gasteiger charge is -2.34. The van der Waals surface area contributed by atoms with E-state index in [4.69, 9.17) is 37.9 Å². The SMILES string of the molecule is C=CC(=O)OCC(O)COc1ccc(C2(c3ccc(OCC(O)COC(=O)C=C)cc3)c3ccccc3-c3ccccc32)cc1.c1ccc2c(c1)-c1ccccc1C2(c1ccc(OCC2CO2)cc1)c1ccc(OCC2CO2)cc1. The molecule has 2 N–H and O–H groups in total. The minimum Gasteiger partial charge on any atom is -0.491 e. The first kappa shape index (κ1) is 53.2. The predicted octanol–water partition coefficient (Wildman–Crippen LogP) is 10.6. The van der Waals surface area contributed by atoms with Crippen LogP contribution >= 0.6 is 0 Å². The molecule has 0 saturated carbocycles. The number of rotatable bonds is 22. The summed E-state index contributed by atoms with van der Waals surface area (Å²) in [5.41, 5.74) is 13.1. The van der Waals surface area contributed by atoms with Crippen molar-refractivity contribution in [2.24, 2.45) is 0 Å². The topological polar surface area (TPSA) is 155 Å². The molecule has 4 atom stereocenters. The monoisotopic (exact) mass is 1070 g/mol. The molecule has 2 aliphatic heterocycles. The molecular formula is C68H60O12. The number of ether oxygens (including phenoxy) is 8. The van der Waals surface area contributed by atoms with Gasteiger partial charge in [-0.15, -0.1) is 0 Å². The van der Waals surface area contributed by atoms with Crippen LogP contribution in [0.4, 0.5) is 0 Å². The largest absolute Gasteiger partial charge is 0.491 e. The van der Waals surface area contributed by atoms with Crippen molar-refractivity contribution in [2.45, 2.75) is 35.2 Å². The lowest BCUT2D eigenvalue weighted by atomic mass is 9.68. The first-order valence-electron chi connectivity index (χ1n) is 26.7. The molecule has 4 aliphatic rings. The summed E-state index contributed by atoms with van der Waals surface area (Å²) >= 11 is 0. The number of carbonyl (C=O) groups is 2. The highest BCUT2D eigenvalue weighted by Crippen LogP contribution is 2.58. The van der Waals surface area contributed by atoms with E-state index in [2.05, 4.69) is 134 Å². The molecule has 12 heteroatoms. The number of benzene rings is 8. The van der Waals surface area contributed by atoms with Crippen LogP contribution in [0.2, 0.25) is 0 Å². The van der Waals surface area contributed by atoms with E-state index in [0.717, 1.165) is 70.2 Å². The Morgan fingerprint density at radius 1 is 0.425 bits per heavy atom. The normalized spacial score (nSPS) is 16.8. The zero-order chi connectivity index (χ0) is 55.1. The van der Waals surface area contributed by atoms with E-state index in [0.29, 0.717) is 24.7 Å². The fourth-order valence-corrected chi connectivity index (χ4v) is 10.9. The summed E-state index contributed by atoms with van der Waals surface area (Å²) in [7, 11) is 0. The van der Waals surface area contributed by atoms with Gasteiger partial charge in [0.1, 0.15) is 87.1 Å². The van der Waals surface area contributed by atoms with Gasteiger partial charge >= 0.3 is 11.9 Å². The van der Waals surface area contributed by atoms with Crippen LogP contribution in [-0.2, 0) is 39.4 Å². The van der Waals surface area contributed by atoms with Crippen LogP contribution in [-0.4, -0.2) is 99.4 Å². The Morgan fingerprint density at radius 2 is 0.688 bits per heavy atom. The summed E-state index contributed by atoms with van der Waals surface area (Å²) in [5, 5.41) is 20.3. The summed E-state index contributed by atoms with van der Waals surface area (Å²) in [6.45, 7) is 8.99. The third kappa shape index (κ3) is 11.0. The molecule has 12 nitrogen and oxygen atoms in total. The maximum absolute atomic E-state index is 11.3. The van der Waals surface area contributed by atoms with Gasteiger partial charge in [-0.25, -0.2) is 9.59 Å². The highest BCUT2D eigenvalue weighted by atomic mass is 16.6. The smallest absolute Gasteiger partial charge is 0.330 e. The van der Waals surface area contributed by atoms with Crippen molar-refractivity contribution in [3.8, 4) is 45.3 Å². The summed E-state index contributed by atoms with van der Waals surface area (Å²) in [6.07, 6.45) is 0.580. The van der Waals surface area contributed by atoms with Gasteiger partial charge in [0, 0.05) is 12.2 Å². The Morgan fingerprint density at radius 3 is 0.950 bits per heavy atom. The predicted molar refractivity (Wildman–Crippen MR) is 303 cm³/mol. The Balaban J connectivity index is 0.000000173.